The number of nitrogens with one attached hydrogen (secondary N) is 1. The quantitative estimate of drug-likeness (QED) is 0.832. The Morgan fingerprint density at radius 1 is 1.15 bits per heavy atom. The zero-order valence-electron chi connectivity index (χ0n) is 10.7. The summed E-state index contributed by atoms with van der Waals surface area (Å²) < 4.78 is 4.57. The van der Waals surface area contributed by atoms with Gasteiger partial charge in [0.25, 0.3) is 5.91 Å². The molecule has 0 spiro atoms. The van der Waals surface area contributed by atoms with Crippen molar-refractivity contribution in [2.24, 2.45) is 0 Å². The molecule has 0 aliphatic carbocycles. The lowest BCUT2D eigenvalue weighted by atomic mass is 10.1. The number of rotatable bonds is 3. The van der Waals surface area contributed by atoms with Crippen molar-refractivity contribution in [3.8, 4) is 5.75 Å². The molecule has 20 heavy (non-hydrogen) atoms. The molecule has 0 bridgehead atoms. The highest BCUT2D eigenvalue weighted by molar-refractivity contribution is 6.05. The largest absolute Gasteiger partial charge is 0.506 e. The zero-order chi connectivity index (χ0) is 14.5. The highest BCUT2D eigenvalue weighted by Crippen LogP contribution is 2.20. The minimum atomic E-state index is -0.470. The number of hydrogen-bond donors (Lipinski definition) is 2. The van der Waals surface area contributed by atoms with E-state index in [9.17, 15) is 14.7 Å². The first-order valence-corrected chi connectivity index (χ1v) is 5.74. The Hall–Kier alpha value is -2.89. The second-order valence-electron chi connectivity index (χ2n) is 3.92. The Morgan fingerprint density at radius 2 is 1.80 bits per heavy atom. The number of pyridine rings is 1. The number of amides is 1. The Labute approximate surface area is 115 Å². The third kappa shape index (κ3) is 2.92. The lowest BCUT2D eigenvalue weighted by Crippen LogP contribution is -2.12. The van der Waals surface area contributed by atoms with E-state index >= 15 is 0 Å². The van der Waals surface area contributed by atoms with E-state index < -0.39 is 11.9 Å². The number of aromatic hydroxyl groups is 1. The van der Waals surface area contributed by atoms with Crippen LogP contribution in [-0.2, 0) is 4.74 Å². The van der Waals surface area contributed by atoms with Crippen molar-refractivity contribution in [2.75, 3.05) is 12.4 Å². The molecule has 0 atom stereocenters. The van der Waals surface area contributed by atoms with Crippen LogP contribution in [0.3, 0.4) is 0 Å². The molecule has 0 unspecified atom stereocenters. The molecule has 1 aromatic heterocycles. The van der Waals surface area contributed by atoms with Crippen molar-refractivity contribution in [1.29, 1.82) is 0 Å². The summed E-state index contributed by atoms with van der Waals surface area (Å²) in [6, 6.07) is 7.34. The summed E-state index contributed by atoms with van der Waals surface area (Å²) in [6.45, 7) is 0. The van der Waals surface area contributed by atoms with Gasteiger partial charge in [-0.15, -0.1) is 0 Å². The SMILES string of the molecule is COC(=O)c1ccc(C(=O)Nc2cnccc2O)cc1. The molecule has 2 rings (SSSR count). The summed E-state index contributed by atoms with van der Waals surface area (Å²) in [4.78, 5) is 27.0. The topological polar surface area (TPSA) is 88.5 Å². The molecule has 1 amide bonds. The fraction of sp³-hybridized carbons (Fsp3) is 0.0714. The molecule has 0 aliphatic heterocycles. The smallest absolute Gasteiger partial charge is 0.337 e. The fourth-order valence-corrected chi connectivity index (χ4v) is 1.55. The Morgan fingerprint density at radius 3 is 2.40 bits per heavy atom. The predicted molar refractivity (Wildman–Crippen MR) is 71.6 cm³/mol. The average Bonchev–Trinajstić information content (AvgIpc) is 2.49. The number of carbonyl (C=O) groups is 2. The van der Waals surface area contributed by atoms with Gasteiger partial charge < -0.3 is 15.2 Å². The zero-order valence-corrected chi connectivity index (χ0v) is 10.7. The summed E-state index contributed by atoms with van der Waals surface area (Å²) in [5, 5.41) is 12.1. The van der Waals surface area contributed by atoms with Crippen LogP contribution in [0.4, 0.5) is 5.69 Å². The second kappa shape index (κ2) is 5.83. The number of hydrogen-bond acceptors (Lipinski definition) is 5. The van der Waals surface area contributed by atoms with Crippen molar-refractivity contribution >= 4 is 17.6 Å². The van der Waals surface area contributed by atoms with Crippen molar-refractivity contribution < 1.29 is 19.4 Å². The molecule has 2 aromatic rings. The third-order valence-corrected chi connectivity index (χ3v) is 2.61. The van der Waals surface area contributed by atoms with E-state index in [-0.39, 0.29) is 11.4 Å². The van der Waals surface area contributed by atoms with Gasteiger partial charge in [0.1, 0.15) is 11.4 Å². The molecule has 0 saturated carbocycles. The average molecular weight is 272 g/mol. The normalized spacial score (nSPS) is 9.85. The minimum Gasteiger partial charge on any atom is -0.506 e. The number of aromatic nitrogens is 1. The molecular formula is C14H12N2O4. The molecule has 0 saturated heterocycles. The number of carbonyl (C=O) groups excluding carboxylic acids is 2. The predicted octanol–water partition coefficient (Wildman–Crippen LogP) is 1.83. The summed E-state index contributed by atoms with van der Waals surface area (Å²) >= 11 is 0. The van der Waals surface area contributed by atoms with Crippen LogP contribution in [-0.4, -0.2) is 29.1 Å². The number of anilines is 1. The van der Waals surface area contributed by atoms with Crippen LogP contribution in [0.1, 0.15) is 20.7 Å². The van der Waals surface area contributed by atoms with Gasteiger partial charge in [0.2, 0.25) is 0 Å². The van der Waals surface area contributed by atoms with Gasteiger partial charge >= 0.3 is 5.97 Å². The van der Waals surface area contributed by atoms with E-state index in [0.29, 0.717) is 11.1 Å². The van der Waals surface area contributed by atoms with E-state index in [2.05, 4.69) is 15.0 Å². The third-order valence-electron chi connectivity index (χ3n) is 2.61. The molecule has 2 N–H and O–H groups in total. The summed E-state index contributed by atoms with van der Waals surface area (Å²) in [5.74, 6) is -0.953. The van der Waals surface area contributed by atoms with Gasteiger partial charge in [-0.1, -0.05) is 0 Å². The van der Waals surface area contributed by atoms with Crippen molar-refractivity contribution in [3.63, 3.8) is 0 Å². The molecule has 0 radical (unpaired) electrons. The summed E-state index contributed by atoms with van der Waals surface area (Å²) in [5.41, 5.74) is 0.920. The van der Waals surface area contributed by atoms with Gasteiger partial charge in [-0.3, -0.25) is 9.78 Å². The van der Waals surface area contributed by atoms with Gasteiger partial charge in [0.15, 0.2) is 0 Å². The molecule has 102 valence electrons. The van der Waals surface area contributed by atoms with Crippen molar-refractivity contribution in [1.82, 2.24) is 4.98 Å². The molecule has 1 aromatic carbocycles. The van der Waals surface area contributed by atoms with E-state index in [0.717, 1.165) is 0 Å². The highest BCUT2D eigenvalue weighted by Gasteiger charge is 2.10. The maximum atomic E-state index is 12.0. The standard InChI is InChI=1S/C14H12N2O4/c1-20-14(19)10-4-2-9(3-5-10)13(18)16-11-8-15-7-6-12(11)17/h2-8H,1H3,(H,15,17)(H,16,18). The van der Waals surface area contributed by atoms with Crippen LogP contribution < -0.4 is 5.32 Å². The van der Waals surface area contributed by atoms with Gasteiger partial charge in [-0.05, 0) is 24.3 Å². The molecule has 0 fully saturated rings. The minimum absolute atomic E-state index is 0.0699. The van der Waals surface area contributed by atoms with Gasteiger partial charge in [0, 0.05) is 17.8 Å². The van der Waals surface area contributed by atoms with Crippen molar-refractivity contribution in [2.45, 2.75) is 0 Å². The van der Waals surface area contributed by atoms with Gasteiger partial charge in [-0.25, -0.2) is 4.79 Å². The van der Waals surface area contributed by atoms with Crippen LogP contribution in [0.2, 0.25) is 0 Å². The number of benzene rings is 1. The number of esters is 1. The lowest BCUT2D eigenvalue weighted by Gasteiger charge is -2.06. The number of ether oxygens (including phenoxy) is 1. The molecule has 6 nitrogen and oxygen atoms in total. The van der Waals surface area contributed by atoms with Crippen LogP contribution in [0.15, 0.2) is 42.7 Å². The van der Waals surface area contributed by atoms with E-state index in [1.54, 1.807) is 0 Å². The van der Waals surface area contributed by atoms with Crippen LogP contribution in [0, 0.1) is 0 Å². The summed E-state index contributed by atoms with van der Waals surface area (Å²) in [7, 11) is 1.29. The Bertz CT molecular complexity index is 638. The number of nitrogens with zero attached hydrogens (tertiary/aromatic N) is 1. The molecule has 6 heteroatoms. The second-order valence-corrected chi connectivity index (χ2v) is 3.92. The van der Waals surface area contributed by atoms with Crippen LogP contribution in [0.25, 0.3) is 0 Å². The van der Waals surface area contributed by atoms with Crippen LogP contribution in [0.5, 0.6) is 5.75 Å². The first-order chi connectivity index (χ1) is 9.61. The maximum Gasteiger partial charge on any atom is 0.337 e. The lowest BCUT2D eigenvalue weighted by molar-refractivity contribution is 0.0600. The Kier molecular flexibility index (Phi) is 3.95. The van der Waals surface area contributed by atoms with E-state index in [1.165, 1.54) is 49.8 Å². The van der Waals surface area contributed by atoms with Crippen LogP contribution >= 0.6 is 0 Å². The number of methoxy groups -OCH3 is 1. The molecular weight excluding hydrogens is 260 g/mol. The molecule has 1 heterocycles. The monoisotopic (exact) mass is 272 g/mol. The van der Waals surface area contributed by atoms with E-state index in [1.807, 2.05) is 0 Å². The van der Waals surface area contributed by atoms with Gasteiger partial charge in [-0.2, -0.15) is 0 Å². The van der Waals surface area contributed by atoms with Gasteiger partial charge in [0.05, 0.1) is 18.9 Å². The summed E-state index contributed by atoms with van der Waals surface area (Å²) in [6.07, 6.45) is 2.76. The van der Waals surface area contributed by atoms with Crippen molar-refractivity contribution in [3.05, 3.63) is 53.9 Å². The first-order valence-electron chi connectivity index (χ1n) is 5.74. The Balaban J connectivity index is 2.14. The molecule has 0 aliphatic rings. The fourth-order valence-electron chi connectivity index (χ4n) is 1.55. The highest BCUT2D eigenvalue weighted by atomic mass is 16.5. The van der Waals surface area contributed by atoms with E-state index in [4.69, 9.17) is 0 Å². The first kappa shape index (κ1) is 13.5. The maximum absolute atomic E-state index is 12.0.